The normalized spacial score (nSPS) is 10.4. The highest BCUT2D eigenvalue weighted by Gasteiger charge is 2.03. The molecule has 0 aliphatic rings. The molecule has 0 aliphatic heterocycles. The van der Waals surface area contributed by atoms with Gasteiger partial charge in [0.15, 0.2) is 0 Å². The first kappa shape index (κ1) is 13.8. The number of hydrogen-bond donors (Lipinski definition) is 2. The van der Waals surface area contributed by atoms with Gasteiger partial charge in [0.2, 0.25) is 5.91 Å². The molecular weight excluding hydrogens is 256 g/mol. The molecule has 1 aromatic heterocycles. The monoisotopic (exact) mass is 274 g/mol. The molecule has 0 atom stereocenters. The standard InChI is InChI=1S/C15H18N2OS/c16-11-12-4-1-5-13(10-12)17-15(18)8-2-6-14-7-3-9-19-14/h1,3-5,7,9-10H,2,6,8,11,16H2,(H,17,18). The summed E-state index contributed by atoms with van der Waals surface area (Å²) in [5.74, 6) is 0.0609. The van der Waals surface area contributed by atoms with Crippen LogP contribution in [0.4, 0.5) is 5.69 Å². The topological polar surface area (TPSA) is 55.1 Å². The molecule has 0 fully saturated rings. The molecule has 100 valence electrons. The van der Waals surface area contributed by atoms with E-state index in [4.69, 9.17) is 5.73 Å². The van der Waals surface area contributed by atoms with Gasteiger partial charge in [-0.1, -0.05) is 18.2 Å². The average Bonchev–Trinajstić information content (AvgIpc) is 2.92. The molecule has 0 bridgehead atoms. The van der Waals surface area contributed by atoms with Crippen LogP contribution in [0.1, 0.15) is 23.3 Å². The first-order valence-corrected chi connectivity index (χ1v) is 7.27. The van der Waals surface area contributed by atoms with Gasteiger partial charge in [-0.3, -0.25) is 4.79 Å². The summed E-state index contributed by atoms with van der Waals surface area (Å²) >= 11 is 1.74. The van der Waals surface area contributed by atoms with Crippen molar-refractivity contribution < 1.29 is 4.79 Å². The van der Waals surface area contributed by atoms with Crippen LogP contribution in [0, 0.1) is 0 Å². The van der Waals surface area contributed by atoms with E-state index in [1.54, 1.807) is 11.3 Å². The first-order chi connectivity index (χ1) is 9.28. The van der Waals surface area contributed by atoms with Crippen LogP contribution in [0.2, 0.25) is 0 Å². The highest BCUT2D eigenvalue weighted by molar-refractivity contribution is 7.09. The number of benzene rings is 1. The number of amides is 1. The molecule has 1 aromatic carbocycles. The largest absolute Gasteiger partial charge is 0.326 e. The molecule has 4 heteroatoms. The van der Waals surface area contributed by atoms with E-state index >= 15 is 0 Å². The molecule has 1 amide bonds. The zero-order valence-corrected chi connectivity index (χ0v) is 11.6. The maximum absolute atomic E-state index is 11.8. The van der Waals surface area contributed by atoms with Crippen LogP contribution in [0.25, 0.3) is 0 Å². The van der Waals surface area contributed by atoms with Gasteiger partial charge in [-0.05, 0) is 42.0 Å². The summed E-state index contributed by atoms with van der Waals surface area (Å²) < 4.78 is 0. The Bertz CT molecular complexity index is 523. The summed E-state index contributed by atoms with van der Waals surface area (Å²) in [6.45, 7) is 0.488. The highest BCUT2D eigenvalue weighted by Crippen LogP contribution is 2.13. The lowest BCUT2D eigenvalue weighted by atomic mass is 10.2. The number of nitrogens with two attached hydrogens (primary N) is 1. The van der Waals surface area contributed by atoms with Crippen molar-refractivity contribution in [1.82, 2.24) is 0 Å². The van der Waals surface area contributed by atoms with E-state index in [0.29, 0.717) is 13.0 Å². The molecule has 0 saturated carbocycles. The average molecular weight is 274 g/mol. The van der Waals surface area contributed by atoms with Crippen molar-refractivity contribution in [2.45, 2.75) is 25.8 Å². The Hall–Kier alpha value is -1.65. The van der Waals surface area contributed by atoms with Crippen molar-refractivity contribution in [3.8, 4) is 0 Å². The van der Waals surface area contributed by atoms with Crippen molar-refractivity contribution in [2.24, 2.45) is 5.73 Å². The summed E-state index contributed by atoms with van der Waals surface area (Å²) in [6, 6.07) is 11.8. The first-order valence-electron chi connectivity index (χ1n) is 6.39. The quantitative estimate of drug-likeness (QED) is 0.850. The molecule has 0 unspecified atom stereocenters. The number of thiophene rings is 1. The Labute approximate surface area is 117 Å². The van der Waals surface area contributed by atoms with E-state index in [-0.39, 0.29) is 5.91 Å². The third-order valence-corrected chi connectivity index (χ3v) is 3.79. The minimum Gasteiger partial charge on any atom is -0.326 e. The van der Waals surface area contributed by atoms with Crippen molar-refractivity contribution in [3.05, 3.63) is 52.2 Å². The smallest absolute Gasteiger partial charge is 0.224 e. The number of carbonyl (C=O) groups is 1. The van der Waals surface area contributed by atoms with E-state index in [1.807, 2.05) is 30.3 Å². The van der Waals surface area contributed by atoms with Gasteiger partial charge in [-0.2, -0.15) is 0 Å². The molecule has 0 aliphatic carbocycles. The number of hydrogen-bond acceptors (Lipinski definition) is 3. The molecule has 2 aromatic rings. The van der Waals surface area contributed by atoms with E-state index in [0.717, 1.165) is 24.1 Å². The lowest BCUT2D eigenvalue weighted by molar-refractivity contribution is -0.116. The van der Waals surface area contributed by atoms with Gasteiger partial charge < -0.3 is 11.1 Å². The molecule has 0 saturated heterocycles. The Balaban J connectivity index is 1.77. The van der Waals surface area contributed by atoms with Crippen molar-refractivity contribution >= 4 is 22.9 Å². The predicted molar refractivity (Wildman–Crippen MR) is 80.2 cm³/mol. The van der Waals surface area contributed by atoms with Crippen molar-refractivity contribution in [1.29, 1.82) is 0 Å². The third-order valence-electron chi connectivity index (χ3n) is 2.85. The second-order valence-corrected chi connectivity index (χ2v) is 5.42. The summed E-state index contributed by atoms with van der Waals surface area (Å²) in [7, 11) is 0. The molecule has 3 nitrogen and oxygen atoms in total. The van der Waals surface area contributed by atoms with Crippen LogP contribution in [0.3, 0.4) is 0 Å². The minimum atomic E-state index is 0.0609. The van der Waals surface area contributed by atoms with Gasteiger partial charge >= 0.3 is 0 Å². The number of nitrogens with one attached hydrogen (secondary N) is 1. The number of anilines is 1. The lowest BCUT2D eigenvalue weighted by Gasteiger charge is -2.06. The second kappa shape index (κ2) is 7.07. The second-order valence-electron chi connectivity index (χ2n) is 4.39. The molecule has 2 rings (SSSR count). The summed E-state index contributed by atoms with van der Waals surface area (Å²) in [5.41, 5.74) is 7.42. The Kier molecular flexibility index (Phi) is 5.12. The van der Waals surface area contributed by atoms with E-state index in [1.165, 1.54) is 4.88 Å². The SMILES string of the molecule is NCc1cccc(NC(=O)CCCc2cccs2)c1. The molecule has 19 heavy (non-hydrogen) atoms. The minimum absolute atomic E-state index is 0.0609. The van der Waals surface area contributed by atoms with Crippen LogP contribution >= 0.6 is 11.3 Å². The van der Waals surface area contributed by atoms with E-state index in [2.05, 4.69) is 16.8 Å². The predicted octanol–water partition coefficient (Wildman–Crippen LogP) is 3.17. The summed E-state index contributed by atoms with van der Waals surface area (Å²) in [4.78, 5) is 13.1. The van der Waals surface area contributed by atoms with Crippen LogP contribution in [0.15, 0.2) is 41.8 Å². The van der Waals surface area contributed by atoms with Gasteiger partial charge in [0.25, 0.3) is 0 Å². The number of carbonyl (C=O) groups excluding carboxylic acids is 1. The van der Waals surface area contributed by atoms with Crippen LogP contribution in [0.5, 0.6) is 0 Å². The molecule has 3 N–H and O–H groups in total. The van der Waals surface area contributed by atoms with Gasteiger partial charge in [0.05, 0.1) is 0 Å². The Morgan fingerprint density at radius 3 is 2.89 bits per heavy atom. The molecule has 1 heterocycles. The van der Waals surface area contributed by atoms with Gasteiger partial charge in [-0.15, -0.1) is 11.3 Å². The molecular formula is C15H18N2OS. The summed E-state index contributed by atoms with van der Waals surface area (Å²) in [6.07, 6.45) is 2.39. The lowest BCUT2D eigenvalue weighted by Crippen LogP contribution is -2.11. The Morgan fingerprint density at radius 1 is 1.26 bits per heavy atom. The third kappa shape index (κ3) is 4.50. The van der Waals surface area contributed by atoms with E-state index in [9.17, 15) is 4.79 Å². The van der Waals surface area contributed by atoms with Gasteiger partial charge in [-0.25, -0.2) is 0 Å². The van der Waals surface area contributed by atoms with Gasteiger partial charge in [0.1, 0.15) is 0 Å². The number of rotatable bonds is 6. The van der Waals surface area contributed by atoms with Crippen LogP contribution < -0.4 is 11.1 Å². The zero-order valence-electron chi connectivity index (χ0n) is 10.8. The van der Waals surface area contributed by atoms with Crippen LogP contribution in [-0.2, 0) is 17.8 Å². The number of aryl methyl sites for hydroxylation is 1. The van der Waals surface area contributed by atoms with Crippen molar-refractivity contribution in [2.75, 3.05) is 5.32 Å². The van der Waals surface area contributed by atoms with E-state index < -0.39 is 0 Å². The summed E-state index contributed by atoms with van der Waals surface area (Å²) in [5, 5.41) is 4.97. The van der Waals surface area contributed by atoms with Crippen LogP contribution in [-0.4, -0.2) is 5.91 Å². The van der Waals surface area contributed by atoms with Gasteiger partial charge in [0, 0.05) is 23.5 Å². The fourth-order valence-electron chi connectivity index (χ4n) is 1.88. The molecule has 0 spiro atoms. The molecule has 0 radical (unpaired) electrons. The Morgan fingerprint density at radius 2 is 2.16 bits per heavy atom. The van der Waals surface area contributed by atoms with Crippen molar-refractivity contribution in [3.63, 3.8) is 0 Å². The maximum atomic E-state index is 11.8. The fourth-order valence-corrected chi connectivity index (χ4v) is 2.63. The fraction of sp³-hybridized carbons (Fsp3) is 0.267. The highest BCUT2D eigenvalue weighted by atomic mass is 32.1. The maximum Gasteiger partial charge on any atom is 0.224 e. The zero-order chi connectivity index (χ0) is 13.5.